The zero-order chi connectivity index (χ0) is 11.6. The first-order valence-electron chi connectivity index (χ1n) is 4.61. The molecule has 0 aromatic rings. The lowest BCUT2D eigenvalue weighted by Crippen LogP contribution is -2.55. The maximum absolute atomic E-state index is 13.4. The zero-order valence-corrected chi connectivity index (χ0v) is 8.70. The van der Waals surface area contributed by atoms with E-state index in [2.05, 4.69) is 9.47 Å². The molecule has 1 amide bonds. The molecule has 2 N–H and O–H groups in total. The highest BCUT2D eigenvalue weighted by atomic mass is 19.2. The summed E-state index contributed by atoms with van der Waals surface area (Å²) in [5.41, 5.74) is 3.65. The molecule has 2 unspecified atom stereocenters. The van der Waals surface area contributed by atoms with Gasteiger partial charge in [-0.25, -0.2) is 8.78 Å². The van der Waals surface area contributed by atoms with Crippen molar-refractivity contribution in [2.24, 2.45) is 17.1 Å². The predicted molar refractivity (Wildman–Crippen MR) is 48.2 cm³/mol. The Labute approximate surface area is 86.7 Å². The number of nitrogens with two attached hydrogens (primary N) is 1. The summed E-state index contributed by atoms with van der Waals surface area (Å²) in [6.45, 7) is 0. The maximum atomic E-state index is 13.4. The first-order chi connectivity index (χ1) is 6.97. The predicted octanol–water partition coefficient (Wildman–Crippen LogP) is 0.752. The van der Waals surface area contributed by atoms with E-state index in [1.165, 1.54) is 0 Å². The van der Waals surface area contributed by atoms with Crippen LogP contribution in [-0.2, 0) is 14.3 Å². The highest BCUT2D eigenvalue weighted by Crippen LogP contribution is 2.53. The SMILES string of the molecule is COC(F)C1(C(F)OC)CC(C(N)=O)C1. The fourth-order valence-corrected chi connectivity index (χ4v) is 2.00. The van der Waals surface area contributed by atoms with Crippen LogP contribution in [0.15, 0.2) is 0 Å². The number of primary amides is 1. The Hall–Kier alpha value is -0.750. The van der Waals surface area contributed by atoms with Crippen LogP contribution in [0.25, 0.3) is 0 Å². The Morgan fingerprint density at radius 3 is 2.00 bits per heavy atom. The average Bonchev–Trinajstić information content (AvgIpc) is 2.14. The molecule has 2 atom stereocenters. The molecule has 6 heteroatoms. The number of rotatable bonds is 5. The van der Waals surface area contributed by atoms with Gasteiger partial charge in [0.15, 0.2) is 0 Å². The third-order valence-electron chi connectivity index (χ3n) is 2.97. The van der Waals surface area contributed by atoms with E-state index >= 15 is 0 Å². The minimum Gasteiger partial charge on any atom is -0.369 e. The summed E-state index contributed by atoms with van der Waals surface area (Å²) in [7, 11) is 2.29. The van der Waals surface area contributed by atoms with Crippen molar-refractivity contribution in [2.75, 3.05) is 14.2 Å². The van der Waals surface area contributed by atoms with Gasteiger partial charge in [-0.3, -0.25) is 4.79 Å². The van der Waals surface area contributed by atoms with E-state index in [0.29, 0.717) is 0 Å². The van der Waals surface area contributed by atoms with Gasteiger partial charge >= 0.3 is 0 Å². The minimum absolute atomic E-state index is 0.0202. The van der Waals surface area contributed by atoms with E-state index in [1.54, 1.807) is 0 Å². The minimum atomic E-state index is -1.79. The van der Waals surface area contributed by atoms with Crippen LogP contribution in [0.4, 0.5) is 8.78 Å². The van der Waals surface area contributed by atoms with E-state index in [4.69, 9.17) is 5.73 Å². The molecule has 0 radical (unpaired) electrons. The molecule has 0 heterocycles. The second-order valence-corrected chi connectivity index (χ2v) is 3.84. The number of alkyl halides is 2. The standard InChI is InChI=1S/C9H15F2NO3/c1-14-7(10)9(8(11)15-2)3-5(4-9)6(12)13/h5,7-8H,3-4H2,1-2H3,(H2,12,13). The van der Waals surface area contributed by atoms with Crippen LogP contribution in [-0.4, -0.2) is 32.8 Å². The molecule has 15 heavy (non-hydrogen) atoms. The lowest BCUT2D eigenvalue weighted by atomic mass is 9.61. The summed E-state index contributed by atoms with van der Waals surface area (Å²) >= 11 is 0. The number of hydrogen-bond acceptors (Lipinski definition) is 3. The van der Waals surface area contributed by atoms with E-state index in [0.717, 1.165) is 14.2 Å². The molecule has 1 aliphatic carbocycles. The smallest absolute Gasteiger partial charge is 0.220 e. The monoisotopic (exact) mass is 223 g/mol. The van der Waals surface area contributed by atoms with Gasteiger partial charge in [0.25, 0.3) is 0 Å². The number of amides is 1. The van der Waals surface area contributed by atoms with E-state index < -0.39 is 30.0 Å². The summed E-state index contributed by atoms with van der Waals surface area (Å²) in [5, 5.41) is 0. The number of methoxy groups -OCH3 is 2. The van der Waals surface area contributed by atoms with E-state index in [-0.39, 0.29) is 12.8 Å². The lowest BCUT2D eigenvalue weighted by molar-refractivity contribution is -0.244. The van der Waals surface area contributed by atoms with Gasteiger partial charge in [0.05, 0.1) is 5.41 Å². The van der Waals surface area contributed by atoms with Crippen LogP contribution in [0.1, 0.15) is 12.8 Å². The maximum Gasteiger partial charge on any atom is 0.220 e. The van der Waals surface area contributed by atoms with Crippen molar-refractivity contribution in [1.29, 1.82) is 0 Å². The number of hydrogen-bond donors (Lipinski definition) is 1. The van der Waals surface area contributed by atoms with Crippen LogP contribution in [0.2, 0.25) is 0 Å². The molecule has 0 bridgehead atoms. The van der Waals surface area contributed by atoms with E-state index in [1.807, 2.05) is 0 Å². The summed E-state index contributed by atoms with van der Waals surface area (Å²) in [4.78, 5) is 10.8. The Bertz CT molecular complexity index is 232. The van der Waals surface area contributed by atoms with Crippen LogP contribution in [0.3, 0.4) is 0 Å². The first-order valence-corrected chi connectivity index (χ1v) is 4.61. The summed E-state index contributed by atoms with van der Waals surface area (Å²) in [6, 6.07) is 0. The van der Waals surface area contributed by atoms with E-state index in [9.17, 15) is 13.6 Å². The van der Waals surface area contributed by atoms with Crippen molar-refractivity contribution < 1.29 is 23.0 Å². The van der Waals surface area contributed by atoms with Gasteiger partial charge in [-0.15, -0.1) is 0 Å². The largest absolute Gasteiger partial charge is 0.369 e. The third kappa shape index (κ3) is 1.96. The van der Waals surface area contributed by atoms with Crippen molar-refractivity contribution in [3.8, 4) is 0 Å². The molecule has 1 aliphatic rings. The molecule has 0 spiro atoms. The van der Waals surface area contributed by atoms with Gasteiger partial charge in [-0.2, -0.15) is 0 Å². The Balaban J connectivity index is 2.71. The van der Waals surface area contributed by atoms with Crippen molar-refractivity contribution in [3.63, 3.8) is 0 Å². The number of carbonyl (C=O) groups excluding carboxylic acids is 1. The topological polar surface area (TPSA) is 61.6 Å². The van der Waals surface area contributed by atoms with Gasteiger partial charge in [-0.1, -0.05) is 0 Å². The second-order valence-electron chi connectivity index (χ2n) is 3.84. The van der Waals surface area contributed by atoms with Crippen LogP contribution < -0.4 is 5.73 Å². The van der Waals surface area contributed by atoms with Crippen LogP contribution >= 0.6 is 0 Å². The fourth-order valence-electron chi connectivity index (χ4n) is 2.00. The number of halogens is 2. The van der Waals surface area contributed by atoms with Crippen LogP contribution in [0.5, 0.6) is 0 Å². The molecule has 0 aliphatic heterocycles. The third-order valence-corrected chi connectivity index (χ3v) is 2.97. The molecule has 4 nitrogen and oxygen atoms in total. The summed E-state index contributed by atoms with van der Waals surface area (Å²) < 4.78 is 35.8. The van der Waals surface area contributed by atoms with Crippen molar-refractivity contribution >= 4 is 5.91 Å². The summed E-state index contributed by atoms with van der Waals surface area (Å²) in [6.07, 6.45) is -3.54. The zero-order valence-electron chi connectivity index (χ0n) is 8.70. The Morgan fingerprint density at radius 2 is 1.73 bits per heavy atom. The van der Waals surface area contributed by atoms with Crippen molar-refractivity contribution in [1.82, 2.24) is 0 Å². The average molecular weight is 223 g/mol. The van der Waals surface area contributed by atoms with Gasteiger partial charge < -0.3 is 15.2 Å². The molecule has 0 saturated heterocycles. The van der Waals surface area contributed by atoms with Gasteiger partial charge in [-0.05, 0) is 12.8 Å². The molecule has 0 aromatic heterocycles. The number of carbonyl (C=O) groups is 1. The molecule has 1 fully saturated rings. The summed E-state index contributed by atoms with van der Waals surface area (Å²) in [5.74, 6) is -1.04. The Kier molecular flexibility index (Phi) is 3.62. The highest BCUT2D eigenvalue weighted by Gasteiger charge is 2.58. The van der Waals surface area contributed by atoms with Gasteiger partial charge in [0.1, 0.15) is 0 Å². The molecule has 1 saturated carbocycles. The normalized spacial score (nSPS) is 34.3. The highest BCUT2D eigenvalue weighted by molar-refractivity contribution is 5.77. The molecular formula is C9H15F2NO3. The fraction of sp³-hybridized carbons (Fsp3) is 0.889. The molecule has 0 aromatic carbocycles. The van der Waals surface area contributed by atoms with Gasteiger partial charge in [0.2, 0.25) is 18.6 Å². The first kappa shape index (κ1) is 12.3. The molecule has 88 valence electrons. The quantitative estimate of drug-likeness (QED) is 0.748. The lowest BCUT2D eigenvalue weighted by Gasteiger charge is -2.48. The number of ether oxygens (including phenoxy) is 2. The Morgan fingerprint density at radius 1 is 1.33 bits per heavy atom. The molecule has 1 rings (SSSR count). The molecular weight excluding hydrogens is 208 g/mol. The van der Waals surface area contributed by atoms with Crippen molar-refractivity contribution in [2.45, 2.75) is 25.6 Å². The second kappa shape index (κ2) is 4.40. The van der Waals surface area contributed by atoms with Crippen LogP contribution in [0, 0.1) is 11.3 Å². The van der Waals surface area contributed by atoms with Gasteiger partial charge in [0, 0.05) is 20.1 Å². The van der Waals surface area contributed by atoms with Crippen molar-refractivity contribution in [3.05, 3.63) is 0 Å².